The number of phosphoric acid groups is 1. The van der Waals surface area contributed by atoms with Crippen molar-refractivity contribution in [2.75, 3.05) is 40.0 Å². The number of allylic oxidation sites excluding steroid dienone is 2. The molecule has 0 amide bonds. The van der Waals surface area contributed by atoms with Crippen LogP contribution in [0.2, 0.25) is 0 Å². The number of nitrogens with zero attached hydrogens (tertiary/aromatic N) is 1. The van der Waals surface area contributed by atoms with Crippen LogP contribution in [-0.4, -0.2) is 67.8 Å². The number of esters is 2. The van der Waals surface area contributed by atoms with Crippen molar-refractivity contribution in [1.82, 2.24) is 4.90 Å². The van der Waals surface area contributed by atoms with Gasteiger partial charge >= 0.3 is 19.8 Å². The van der Waals surface area contributed by atoms with Gasteiger partial charge in [0.1, 0.15) is 6.61 Å². The molecule has 0 radical (unpaired) electrons. The molecule has 52 heavy (non-hydrogen) atoms. The molecule has 0 heterocycles. The molecule has 1 N–H and O–H groups in total. The van der Waals surface area contributed by atoms with E-state index in [4.69, 9.17) is 18.5 Å². The molecule has 0 saturated carbocycles. The Morgan fingerprint density at radius 2 is 1.15 bits per heavy atom. The van der Waals surface area contributed by atoms with Gasteiger partial charge in [-0.25, -0.2) is 4.57 Å². The predicted octanol–water partition coefficient (Wildman–Crippen LogP) is 11.9. The molecule has 0 aromatic carbocycles. The van der Waals surface area contributed by atoms with E-state index in [9.17, 15) is 19.0 Å². The molecule has 0 fully saturated rings. The first kappa shape index (κ1) is 50.8. The van der Waals surface area contributed by atoms with Crippen molar-refractivity contribution in [3.8, 4) is 0 Å². The van der Waals surface area contributed by atoms with Crippen molar-refractivity contribution < 1.29 is 37.6 Å². The molecular weight excluding hydrogens is 677 g/mol. The van der Waals surface area contributed by atoms with Crippen molar-refractivity contribution in [3.63, 3.8) is 0 Å². The summed E-state index contributed by atoms with van der Waals surface area (Å²) in [5, 5.41) is 0. The van der Waals surface area contributed by atoms with Gasteiger partial charge in [-0.15, -0.1) is 0 Å². The highest BCUT2D eigenvalue weighted by Gasteiger charge is 2.27. The number of likely N-dealkylation sites (N-methyl/N-ethyl adjacent to an activating group) is 1. The van der Waals surface area contributed by atoms with Gasteiger partial charge in [-0.2, -0.15) is 0 Å². The zero-order chi connectivity index (χ0) is 38.5. The molecule has 0 aliphatic rings. The highest BCUT2D eigenvalue weighted by Crippen LogP contribution is 2.43. The standard InChI is InChI=1S/C42H82NO8P/c1-6-9-11-13-15-17-19-20-21-22-24-26-28-30-32-34-41(44)51-40(38-50-52(46,47)49-36-35-43(5)8-3)37-48-42(45)39(4)33-31-29-27-25-23-18-16-14-12-10-7-2/h20-21,39-40H,6-19,22-38H2,1-5H3,(H,46,47)/b21-20-. The summed E-state index contributed by atoms with van der Waals surface area (Å²) in [7, 11) is -2.50. The quantitative estimate of drug-likeness (QED) is 0.0283. The Balaban J connectivity index is 4.50. The summed E-state index contributed by atoms with van der Waals surface area (Å²) in [6.07, 6.45) is 33.5. The van der Waals surface area contributed by atoms with Gasteiger partial charge in [-0.05, 0) is 52.1 Å². The normalized spacial score (nSPS) is 14.1. The lowest BCUT2D eigenvalue weighted by Crippen LogP contribution is -2.31. The number of hydrogen-bond acceptors (Lipinski definition) is 8. The van der Waals surface area contributed by atoms with E-state index in [1.165, 1.54) is 103 Å². The third-order valence-electron chi connectivity index (χ3n) is 9.69. The van der Waals surface area contributed by atoms with Gasteiger partial charge in [-0.1, -0.05) is 162 Å². The molecule has 3 atom stereocenters. The molecule has 0 aromatic heterocycles. The average molecular weight is 760 g/mol. The number of hydrogen-bond donors (Lipinski definition) is 1. The fourth-order valence-corrected chi connectivity index (χ4v) is 6.68. The minimum atomic E-state index is -4.38. The van der Waals surface area contributed by atoms with Gasteiger partial charge in [-0.3, -0.25) is 18.6 Å². The van der Waals surface area contributed by atoms with Gasteiger partial charge in [0.05, 0.1) is 19.1 Å². The van der Waals surface area contributed by atoms with Crippen LogP contribution >= 0.6 is 7.82 Å². The van der Waals surface area contributed by atoms with E-state index in [1.54, 1.807) is 0 Å². The van der Waals surface area contributed by atoms with Crippen molar-refractivity contribution in [2.45, 2.75) is 201 Å². The summed E-state index contributed by atoms with van der Waals surface area (Å²) in [6, 6.07) is 0. The van der Waals surface area contributed by atoms with Crippen molar-refractivity contribution in [2.24, 2.45) is 5.92 Å². The van der Waals surface area contributed by atoms with Crippen LogP contribution in [0.1, 0.15) is 195 Å². The van der Waals surface area contributed by atoms with Gasteiger partial charge in [0.15, 0.2) is 6.10 Å². The van der Waals surface area contributed by atoms with Crippen molar-refractivity contribution in [3.05, 3.63) is 12.2 Å². The van der Waals surface area contributed by atoms with Gasteiger partial charge < -0.3 is 19.3 Å². The Hall–Kier alpha value is -1.25. The number of carbonyl (C=O) groups excluding carboxylic acids is 2. The topological polar surface area (TPSA) is 112 Å². The Bertz CT molecular complexity index is 901. The van der Waals surface area contributed by atoms with Crippen LogP contribution in [0, 0.1) is 5.92 Å². The smallest absolute Gasteiger partial charge is 0.461 e. The average Bonchev–Trinajstić information content (AvgIpc) is 3.12. The lowest BCUT2D eigenvalue weighted by atomic mass is 10.0. The first-order valence-electron chi connectivity index (χ1n) is 21.5. The van der Waals surface area contributed by atoms with Gasteiger partial charge in [0.2, 0.25) is 0 Å². The van der Waals surface area contributed by atoms with Crippen molar-refractivity contribution in [1.29, 1.82) is 0 Å². The second-order valence-electron chi connectivity index (χ2n) is 14.8. The van der Waals surface area contributed by atoms with Crippen LogP contribution in [0.5, 0.6) is 0 Å². The third-order valence-corrected chi connectivity index (χ3v) is 10.7. The second-order valence-corrected chi connectivity index (χ2v) is 16.2. The SMILES string of the molecule is CCCCCCCC/C=C\CCCCCCCC(=O)OC(COC(=O)C(C)CCCCCCCCCCCCC)COP(=O)(O)OCCN(C)CC. The highest BCUT2D eigenvalue weighted by atomic mass is 31.2. The van der Waals surface area contributed by atoms with E-state index < -0.39 is 26.5 Å². The summed E-state index contributed by atoms with van der Waals surface area (Å²) in [6.45, 7) is 8.94. The summed E-state index contributed by atoms with van der Waals surface area (Å²) in [5.74, 6) is -1.08. The van der Waals surface area contributed by atoms with E-state index in [-0.39, 0.29) is 31.5 Å². The van der Waals surface area contributed by atoms with E-state index in [0.717, 1.165) is 57.9 Å². The lowest BCUT2D eigenvalue weighted by Gasteiger charge is -2.21. The molecule has 0 aliphatic carbocycles. The molecule has 0 rings (SSSR count). The summed E-state index contributed by atoms with van der Waals surface area (Å²) < 4.78 is 33.8. The Labute approximate surface area is 320 Å². The second kappa shape index (κ2) is 36.7. The summed E-state index contributed by atoms with van der Waals surface area (Å²) >= 11 is 0. The lowest BCUT2D eigenvalue weighted by molar-refractivity contribution is -0.163. The largest absolute Gasteiger partial charge is 0.472 e. The first-order chi connectivity index (χ1) is 25.1. The molecule has 10 heteroatoms. The fraction of sp³-hybridized carbons (Fsp3) is 0.905. The Morgan fingerprint density at radius 3 is 1.67 bits per heavy atom. The summed E-state index contributed by atoms with van der Waals surface area (Å²) in [4.78, 5) is 37.6. The van der Waals surface area contributed by atoms with E-state index in [2.05, 4.69) is 26.0 Å². The van der Waals surface area contributed by atoms with Crippen LogP contribution in [0.15, 0.2) is 12.2 Å². The summed E-state index contributed by atoms with van der Waals surface area (Å²) in [5.41, 5.74) is 0. The molecule has 0 aliphatic heterocycles. The Morgan fingerprint density at radius 1 is 0.673 bits per heavy atom. The fourth-order valence-electron chi connectivity index (χ4n) is 5.94. The maximum Gasteiger partial charge on any atom is 0.472 e. The number of rotatable bonds is 39. The molecule has 0 saturated heterocycles. The van der Waals surface area contributed by atoms with Gasteiger partial charge in [0, 0.05) is 13.0 Å². The maximum absolute atomic E-state index is 12.8. The van der Waals surface area contributed by atoms with E-state index in [0.29, 0.717) is 13.0 Å². The first-order valence-corrected chi connectivity index (χ1v) is 23.0. The van der Waals surface area contributed by atoms with Crippen LogP contribution in [-0.2, 0) is 32.7 Å². The van der Waals surface area contributed by atoms with Crippen LogP contribution in [0.25, 0.3) is 0 Å². The zero-order valence-electron chi connectivity index (χ0n) is 34.4. The van der Waals surface area contributed by atoms with E-state index >= 15 is 0 Å². The number of phosphoric ester groups is 1. The van der Waals surface area contributed by atoms with Crippen LogP contribution in [0.4, 0.5) is 0 Å². The monoisotopic (exact) mass is 760 g/mol. The molecule has 0 spiro atoms. The number of unbranched alkanes of at least 4 members (excludes halogenated alkanes) is 21. The van der Waals surface area contributed by atoms with E-state index in [1.807, 2.05) is 25.8 Å². The highest BCUT2D eigenvalue weighted by molar-refractivity contribution is 7.47. The zero-order valence-corrected chi connectivity index (χ0v) is 35.3. The molecule has 9 nitrogen and oxygen atoms in total. The molecule has 0 aromatic rings. The third kappa shape index (κ3) is 34.5. The van der Waals surface area contributed by atoms with Crippen LogP contribution < -0.4 is 0 Å². The number of carbonyl (C=O) groups is 2. The predicted molar refractivity (Wildman–Crippen MR) is 215 cm³/mol. The van der Waals surface area contributed by atoms with Crippen molar-refractivity contribution >= 4 is 19.8 Å². The molecule has 3 unspecified atom stereocenters. The molecular formula is C42H82NO8P. The minimum absolute atomic E-state index is 0.0175. The molecule has 308 valence electrons. The number of ether oxygens (including phenoxy) is 2. The van der Waals surface area contributed by atoms with Gasteiger partial charge in [0.25, 0.3) is 0 Å². The Kier molecular flexibility index (Phi) is 35.8. The van der Waals surface area contributed by atoms with Crippen LogP contribution in [0.3, 0.4) is 0 Å². The minimum Gasteiger partial charge on any atom is -0.461 e. The molecule has 0 bridgehead atoms. The maximum atomic E-state index is 12.8.